The zero-order valence-corrected chi connectivity index (χ0v) is 17.3. The Morgan fingerprint density at radius 3 is 2.28 bits per heavy atom. The van der Waals surface area contributed by atoms with Gasteiger partial charge in [0.05, 0.1) is 6.10 Å². The third kappa shape index (κ3) is 2.64. The summed E-state index contributed by atoms with van der Waals surface area (Å²) in [6.07, 6.45) is 12.1. The summed E-state index contributed by atoms with van der Waals surface area (Å²) in [7, 11) is 4.54. The van der Waals surface area contributed by atoms with Crippen molar-refractivity contribution in [1.82, 2.24) is 4.90 Å². The molecule has 0 aliphatic heterocycles. The first kappa shape index (κ1) is 18.3. The van der Waals surface area contributed by atoms with Crippen LogP contribution in [0.1, 0.15) is 78.6 Å². The van der Waals surface area contributed by atoms with Crippen LogP contribution in [0.5, 0.6) is 0 Å². The number of fused-ring (bicyclic) bond motifs is 5. The molecule has 1 N–H and O–H groups in total. The van der Waals surface area contributed by atoms with E-state index in [2.05, 4.69) is 39.8 Å². The van der Waals surface area contributed by atoms with Crippen LogP contribution in [0.4, 0.5) is 0 Å². The van der Waals surface area contributed by atoms with Gasteiger partial charge >= 0.3 is 0 Å². The molecule has 2 heteroatoms. The van der Waals surface area contributed by atoms with Gasteiger partial charge in [0, 0.05) is 6.04 Å². The summed E-state index contributed by atoms with van der Waals surface area (Å²) < 4.78 is 0. The van der Waals surface area contributed by atoms with Crippen molar-refractivity contribution in [2.45, 2.75) is 90.7 Å². The fourth-order valence-electron chi connectivity index (χ4n) is 8.43. The Labute approximate surface area is 155 Å². The molecule has 144 valence electrons. The van der Waals surface area contributed by atoms with E-state index in [4.69, 9.17) is 0 Å². The molecule has 4 rings (SSSR count). The predicted octanol–water partition coefficient (Wildman–Crippen LogP) is 4.96. The van der Waals surface area contributed by atoms with Crippen LogP contribution in [-0.2, 0) is 0 Å². The summed E-state index contributed by atoms with van der Waals surface area (Å²) in [5.41, 5.74) is 1.09. The van der Waals surface area contributed by atoms with Gasteiger partial charge in [0.1, 0.15) is 0 Å². The number of aliphatic hydroxyl groups excluding tert-OH is 1. The van der Waals surface area contributed by atoms with Gasteiger partial charge in [-0.2, -0.15) is 0 Å². The van der Waals surface area contributed by atoms with Crippen LogP contribution in [0.25, 0.3) is 0 Å². The first-order valence-electron chi connectivity index (χ1n) is 11.1. The monoisotopic (exact) mass is 347 g/mol. The van der Waals surface area contributed by atoms with Crippen molar-refractivity contribution in [2.75, 3.05) is 14.1 Å². The Kier molecular flexibility index (Phi) is 4.56. The minimum absolute atomic E-state index is 0.0136. The Morgan fingerprint density at radius 1 is 0.880 bits per heavy atom. The molecule has 0 amide bonds. The maximum absolute atomic E-state index is 10.2. The smallest absolute Gasteiger partial charge is 0.0543 e. The third-order valence-corrected chi connectivity index (χ3v) is 10.1. The summed E-state index contributed by atoms with van der Waals surface area (Å²) in [6, 6.07) is 0.711. The summed E-state index contributed by atoms with van der Waals surface area (Å²) in [5.74, 6) is 4.54. The first-order valence-corrected chi connectivity index (χ1v) is 11.1. The quantitative estimate of drug-likeness (QED) is 0.763. The van der Waals surface area contributed by atoms with E-state index in [-0.39, 0.29) is 6.10 Å². The number of aliphatic hydroxyl groups is 1. The maximum Gasteiger partial charge on any atom is 0.0543 e. The molecule has 4 aliphatic rings. The highest BCUT2D eigenvalue weighted by Crippen LogP contribution is 2.67. The van der Waals surface area contributed by atoms with Crippen LogP contribution in [0, 0.1) is 40.4 Å². The van der Waals surface area contributed by atoms with Crippen LogP contribution >= 0.6 is 0 Å². The highest BCUT2D eigenvalue weighted by Gasteiger charge is 2.60. The first-order chi connectivity index (χ1) is 11.8. The zero-order chi connectivity index (χ0) is 18.0. The molecule has 4 aliphatic carbocycles. The lowest BCUT2D eigenvalue weighted by Crippen LogP contribution is -2.55. The number of hydrogen-bond donors (Lipinski definition) is 1. The van der Waals surface area contributed by atoms with Crippen LogP contribution in [-0.4, -0.2) is 36.2 Å². The molecule has 4 saturated carbocycles. The molecule has 4 fully saturated rings. The van der Waals surface area contributed by atoms with E-state index in [9.17, 15) is 5.11 Å². The van der Waals surface area contributed by atoms with Crippen molar-refractivity contribution in [3.8, 4) is 0 Å². The van der Waals surface area contributed by atoms with E-state index >= 15 is 0 Å². The minimum Gasteiger partial charge on any atom is -0.393 e. The van der Waals surface area contributed by atoms with E-state index in [1.165, 1.54) is 44.9 Å². The lowest BCUT2D eigenvalue weighted by Gasteiger charge is -2.61. The molecule has 25 heavy (non-hydrogen) atoms. The van der Waals surface area contributed by atoms with E-state index in [1.54, 1.807) is 0 Å². The topological polar surface area (TPSA) is 23.5 Å². The van der Waals surface area contributed by atoms with Gasteiger partial charge in [0.25, 0.3) is 0 Å². The molecular formula is C23H41NO. The van der Waals surface area contributed by atoms with E-state index < -0.39 is 0 Å². The molecule has 0 saturated heterocycles. The average molecular weight is 348 g/mol. The van der Waals surface area contributed by atoms with Gasteiger partial charge in [-0.25, -0.2) is 0 Å². The molecule has 9 atom stereocenters. The molecular weight excluding hydrogens is 306 g/mol. The number of hydrogen-bond acceptors (Lipinski definition) is 2. The lowest BCUT2D eigenvalue weighted by molar-refractivity contribution is -0.129. The van der Waals surface area contributed by atoms with Crippen molar-refractivity contribution < 1.29 is 5.11 Å². The fourth-order valence-corrected chi connectivity index (χ4v) is 8.43. The van der Waals surface area contributed by atoms with E-state index in [0.717, 1.165) is 42.4 Å². The van der Waals surface area contributed by atoms with Crippen molar-refractivity contribution in [2.24, 2.45) is 40.4 Å². The van der Waals surface area contributed by atoms with E-state index in [0.29, 0.717) is 16.9 Å². The second-order valence-corrected chi connectivity index (χ2v) is 11.0. The Morgan fingerprint density at radius 2 is 1.56 bits per heavy atom. The lowest BCUT2D eigenvalue weighted by atomic mass is 9.44. The largest absolute Gasteiger partial charge is 0.393 e. The molecule has 0 heterocycles. The molecule has 1 unspecified atom stereocenters. The Hall–Kier alpha value is -0.0800. The fraction of sp³-hybridized carbons (Fsp3) is 1.00. The summed E-state index contributed by atoms with van der Waals surface area (Å²) in [4.78, 5) is 2.46. The normalized spacial score (nSPS) is 53.9. The second-order valence-electron chi connectivity index (χ2n) is 11.0. The van der Waals surface area contributed by atoms with Gasteiger partial charge in [-0.15, -0.1) is 0 Å². The van der Waals surface area contributed by atoms with Crippen LogP contribution < -0.4 is 0 Å². The molecule has 0 aromatic carbocycles. The highest BCUT2D eigenvalue weighted by atomic mass is 16.3. The van der Waals surface area contributed by atoms with E-state index in [1.807, 2.05) is 0 Å². The summed E-state index contributed by atoms with van der Waals surface area (Å²) >= 11 is 0. The van der Waals surface area contributed by atoms with Crippen molar-refractivity contribution >= 4 is 0 Å². The second kappa shape index (κ2) is 6.23. The summed E-state index contributed by atoms with van der Waals surface area (Å²) in [5, 5.41) is 10.2. The van der Waals surface area contributed by atoms with Crippen LogP contribution in [0.2, 0.25) is 0 Å². The average Bonchev–Trinajstić information content (AvgIpc) is 2.92. The minimum atomic E-state index is -0.0136. The molecule has 0 aromatic heterocycles. The van der Waals surface area contributed by atoms with Crippen LogP contribution in [0.15, 0.2) is 0 Å². The predicted molar refractivity (Wildman–Crippen MR) is 104 cm³/mol. The van der Waals surface area contributed by atoms with Gasteiger partial charge in [-0.3, -0.25) is 0 Å². The Bertz CT molecular complexity index is 504. The van der Waals surface area contributed by atoms with Crippen molar-refractivity contribution in [3.63, 3.8) is 0 Å². The van der Waals surface area contributed by atoms with Gasteiger partial charge < -0.3 is 10.0 Å². The maximum atomic E-state index is 10.2. The zero-order valence-electron chi connectivity index (χ0n) is 17.3. The van der Waals surface area contributed by atoms with Crippen LogP contribution in [0.3, 0.4) is 0 Å². The van der Waals surface area contributed by atoms with Crippen molar-refractivity contribution in [1.29, 1.82) is 0 Å². The molecule has 0 spiro atoms. The molecule has 2 nitrogen and oxygen atoms in total. The van der Waals surface area contributed by atoms with Gasteiger partial charge in [0.2, 0.25) is 0 Å². The van der Waals surface area contributed by atoms with Gasteiger partial charge in [-0.05, 0) is 119 Å². The van der Waals surface area contributed by atoms with Gasteiger partial charge in [-0.1, -0.05) is 13.8 Å². The SMILES string of the molecule is CC([C@H]1CC[C@H]2[C@@H]3CC[C@H]4C[C@@H](O)CC[C@]4(C)[C@H]3CC[C@]12C)N(C)C. The molecule has 0 radical (unpaired) electrons. The number of rotatable bonds is 2. The third-order valence-electron chi connectivity index (χ3n) is 10.1. The Balaban J connectivity index is 1.58. The van der Waals surface area contributed by atoms with Crippen molar-refractivity contribution in [3.05, 3.63) is 0 Å². The van der Waals surface area contributed by atoms with Gasteiger partial charge in [0.15, 0.2) is 0 Å². The molecule has 0 bridgehead atoms. The summed E-state index contributed by atoms with van der Waals surface area (Å²) in [6.45, 7) is 7.73. The standard InChI is InChI=1S/C23H41NO/c1-15(24(4)5)19-8-9-20-18-7-6-16-14-17(25)10-12-22(16,2)21(18)11-13-23(19,20)3/h15-21,25H,6-14H2,1-5H3/t15?,16-,17-,18-,19+,20-,21-,22-,23+/m0/s1. The number of nitrogens with zero attached hydrogens (tertiary/aromatic N) is 1. The highest BCUT2D eigenvalue weighted by molar-refractivity contribution is 5.10. The molecule has 0 aromatic rings.